The number of aliphatic imine (C=N–C) groups is 1. The Morgan fingerprint density at radius 3 is 2.48 bits per heavy atom. The molecule has 7 heteroatoms. The lowest BCUT2D eigenvalue weighted by molar-refractivity contribution is 0.0529. The molecule has 0 unspecified atom stereocenters. The highest BCUT2D eigenvalue weighted by Gasteiger charge is 2.19. The highest BCUT2D eigenvalue weighted by Crippen LogP contribution is 2.18. The van der Waals surface area contributed by atoms with Crippen LogP contribution in [-0.4, -0.2) is 49.2 Å². The normalized spacial score (nSPS) is 14.2. The largest absolute Gasteiger partial charge is 0.444 e. The second-order valence-corrected chi connectivity index (χ2v) is 6.84. The van der Waals surface area contributed by atoms with E-state index in [0.29, 0.717) is 13.1 Å². The quantitative estimate of drug-likeness (QED) is 0.315. The van der Waals surface area contributed by atoms with Crippen molar-refractivity contribution in [3.05, 3.63) is 35.4 Å². The fraction of sp³-hybridized carbons (Fsp3) is 0.556. The number of nitrogens with zero attached hydrogens (tertiary/aromatic N) is 2. The Balaban J connectivity index is 0.00000312. The Morgan fingerprint density at radius 1 is 1.20 bits per heavy atom. The van der Waals surface area contributed by atoms with Crippen LogP contribution in [0.2, 0.25) is 0 Å². The molecule has 2 rings (SSSR count). The van der Waals surface area contributed by atoms with Gasteiger partial charge in [0.25, 0.3) is 0 Å². The molecule has 6 nitrogen and oxygen atoms in total. The van der Waals surface area contributed by atoms with Gasteiger partial charge in [-0.15, -0.1) is 24.0 Å². The van der Waals surface area contributed by atoms with E-state index in [1.54, 1.807) is 7.05 Å². The van der Waals surface area contributed by atoms with Crippen molar-refractivity contribution in [3.8, 4) is 0 Å². The summed E-state index contributed by atoms with van der Waals surface area (Å²) in [5.41, 5.74) is 2.28. The molecule has 2 N–H and O–H groups in total. The molecular weight excluding hydrogens is 431 g/mol. The van der Waals surface area contributed by atoms with Crippen molar-refractivity contribution in [1.29, 1.82) is 0 Å². The number of hydrogen-bond acceptors (Lipinski definition) is 3. The molecule has 0 saturated carbocycles. The van der Waals surface area contributed by atoms with Gasteiger partial charge >= 0.3 is 6.09 Å². The summed E-state index contributed by atoms with van der Waals surface area (Å²) >= 11 is 0. The predicted molar refractivity (Wildman–Crippen MR) is 112 cm³/mol. The molecule has 0 aromatic heterocycles. The summed E-state index contributed by atoms with van der Waals surface area (Å²) in [7, 11) is 1.78. The van der Waals surface area contributed by atoms with Gasteiger partial charge in [-0.05, 0) is 38.3 Å². The monoisotopic (exact) mass is 460 g/mol. The van der Waals surface area contributed by atoms with Gasteiger partial charge in [-0.1, -0.05) is 24.3 Å². The molecule has 140 valence electrons. The molecule has 0 bridgehead atoms. The average molecular weight is 460 g/mol. The highest BCUT2D eigenvalue weighted by molar-refractivity contribution is 14.0. The summed E-state index contributed by atoms with van der Waals surface area (Å²) in [5, 5.41) is 6.03. The standard InChI is InChI=1S/C18H28N4O2.HI/c1-18(2,3)24-17(23)21-11-10-20-16(19-4)22-12-9-14-7-5-6-8-15(14)13-22;/h5-8H,9-13H2,1-4H3,(H,19,20)(H,21,23);1H. The van der Waals surface area contributed by atoms with Crippen LogP contribution < -0.4 is 10.6 Å². The number of amides is 1. The van der Waals surface area contributed by atoms with Crippen LogP contribution in [0.1, 0.15) is 31.9 Å². The summed E-state index contributed by atoms with van der Waals surface area (Å²) in [6.07, 6.45) is 0.624. The molecule has 1 aromatic rings. The van der Waals surface area contributed by atoms with Crippen molar-refractivity contribution < 1.29 is 9.53 Å². The predicted octanol–water partition coefficient (Wildman–Crippen LogP) is 2.76. The van der Waals surface area contributed by atoms with Gasteiger partial charge in [-0.3, -0.25) is 4.99 Å². The maximum absolute atomic E-state index is 11.6. The first-order valence-electron chi connectivity index (χ1n) is 8.38. The van der Waals surface area contributed by atoms with Crippen molar-refractivity contribution in [2.75, 3.05) is 26.7 Å². The van der Waals surface area contributed by atoms with Crippen LogP contribution in [0.15, 0.2) is 29.3 Å². The summed E-state index contributed by atoms with van der Waals surface area (Å²) in [5.74, 6) is 0.857. The third-order valence-corrected chi connectivity index (χ3v) is 3.72. The Hall–Kier alpha value is -1.51. The molecular formula is C18H29IN4O2. The molecule has 0 aliphatic carbocycles. The van der Waals surface area contributed by atoms with Crippen molar-refractivity contribution >= 4 is 36.0 Å². The lowest BCUT2D eigenvalue weighted by atomic mass is 10.0. The minimum absolute atomic E-state index is 0. The lowest BCUT2D eigenvalue weighted by Gasteiger charge is -2.31. The maximum atomic E-state index is 11.6. The molecule has 0 atom stereocenters. The van der Waals surface area contributed by atoms with Gasteiger partial charge in [0.15, 0.2) is 5.96 Å². The van der Waals surface area contributed by atoms with E-state index < -0.39 is 11.7 Å². The van der Waals surface area contributed by atoms with Crippen LogP contribution in [0.25, 0.3) is 0 Å². The number of guanidine groups is 1. The zero-order valence-corrected chi connectivity index (χ0v) is 17.8. The Bertz CT molecular complexity index is 599. The van der Waals surface area contributed by atoms with Crippen LogP contribution in [0.5, 0.6) is 0 Å². The van der Waals surface area contributed by atoms with Crippen molar-refractivity contribution in [3.63, 3.8) is 0 Å². The smallest absolute Gasteiger partial charge is 0.407 e. The van der Waals surface area contributed by atoms with Gasteiger partial charge in [-0.25, -0.2) is 4.79 Å². The Kier molecular flexibility index (Phi) is 8.47. The van der Waals surface area contributed by atoms with Crippen LogP contribution >= 0.6 is 24.0 Å². The molecule has 1 aromatic carbocycles. The van der Waals surface area contributed by atoms with E-state index >= 15 is 0 Å². The van der Waals surface area contributed by atoms with Crippen molar-refractivity contribution in [2.24, 2.45) is 4.99 Å². The Labute approximate surface area is 167 Å². The number of carbonyl (C=O) groups is 1. The van der Waals surface area contributed by atoms with Crippen LogP contribution in [0, 0.1) is 0 Å². The number of benzene rings is 1. The van der Waals surface area contributed by atoms with E-state index in [9.17, 15) is 4.79 Å². The summed E-state index contributed by atoms with van der Waals surface area (Å²) in [6, 6.07) is 8.51. The number of alkyl carbamates (subject to hydrolysis) is 1. The van der Waals surface area contributed by atoms with E-state index in [1.165, 1.54) is 11.1 Å². The number of nitrogens with one attached hydrogen (secondary N) is 2. The number of carbonyl (C=O) groups excluding carboxylic acids is 1. The highest BCUT2D eigenvalue weighted by atomic mass is 127. The molecule has 0 radical (unpaired) electrons. The number of rotatable bonds is 3. The average Bonchev–Trinajstić information content (AvgIpc) is 2.53. The molecule has 0 fully saturated rings. The zero-order valence-electron chi connectivity index (χ0n) is 15.5. The molecule has 25 heavy (non-hydrogen) atoms. The first-order valence-corrected chi connectivity index (χ1v) is 8.38. The van der Waals surface area contributed by atoms with Gasteiger partial charge in [0, 0.05) is 33.2 Å². The van der Waals surface area contributed by atoms with Crippen LogP contribution in [-0.2, 0) is 17.7 Å². The Morgan fingerprint density at radius 2 is 1.84 bits per heavy atom. The van der Waals surface area contributed by atoms with E-state index in [-0.39, 0.29) is 24.0 Å². The van der Waals surface area contributed by atoms with E-state index in [0.717, 1.165) is 25.5 Å². The molecule has 1 heterocycles. The first-order chi connectivity index (χ1) is 11.4. The molecule has 0 spiro atoms. The summed E-state index contributed by atoms with van der Waals surface area (Å²) in [4.78, 5) is 18.2. The maximum Gasteiger partial charge on any atom is 0.407 e. The third-order valence-electron chi connectivity index (χ3n) is 3.72. The summed E-state index contributed by atoms with van der Waals surface area (Å²) in [6.45, 7) is 8.43. The van der Waals surface area contributed by atoms with Crippen molar-refractivity contribution in [1.82, 2.24) is 15.5 Å². The second-order valence-electron chi connectivity index (χ2n) is 6.84. The number of fused-ring (bicyclic) bond motifs is 1. The minimum Gasteiger partial charge on any atom is -0.444 e. The van der Waals surface area contributed by atoms with Gasteiger partial charge in [-0.2, -0.15) is 0 Å². The molecule has 1 amide bonds. The third kappa shape index (κ3) is 7.09. The topological polar surface area (TPSA) is 66.0 Å². The van der Waals surface area contributed by atoms with Crippen LogP contribution in [0.4, 0.5) is 4.79 Å². The van der Waals surface area contributed by atoms with Gasteiger partial charge < -0.3 is 20.3 Å². The summed E-state index contributed by atoms with van der Waals surface area (Å²) < 4.78 is 5.21. The minimum atomic E-state index is -0.477. The van der Waals surface area contributed by atoms with Crippen molar-refractivity contribution in [2.45, 2.75) is 39.3 Å². The number of ether oxygens (including phenoxy) is 1. The number of halogens is 1. The SMILES string of the molecule is CN=C(NCCNC(=O)OC(C)(C)C)N1CCc2ccccc2C1.I. The molecule has 1 aliphatic heterocycles. The fourth-order valence-corrected chi connectivity index (χ4v) is 2.66. The van der Waals surface area contributed by atoms with E-state index in [1.807, 2.05) is 20.8 Å². The van der Waals surface area contributed by atoms with Gasteiger partial charge in [0.2, 0.25) is 0 Å². The second kappa shape index (κ2) is 9.84. The fourth-order valence-electron chi connectivity index (χ4n) is 2.66. The lowest BCUT2D eigenvalue weighted by Crippen LogP contribution is -2.46. The number of hydrogen-bond donors (Lipinski definition) is 2. The molecule has 1 aliphatic rings. The van der Waals surface area contributed by atoms with Gasteiger partial charge in [0.1, 0.15) is 5.60 Å². The van der Waals surface area contributed by atoms with Gasteiger partial charge in [0.05, 0.1) is 0 Å². The first kappa shape index (κ1) is 21.5. The van der Waals surface area contributed by atoms with Crippen LogP contribution in [0.3, 0.4) is 0 Å². The molecule has 0 saturated heterocycles. The van der Waals surface area contributed by atoms with E-state index in [4.69, 9.17) is 4.74 Å². The van der Waals surface area contributed by atoms with E-state index in [2.05, 4.69) is 44.8 Å². The zero-order chi connectivity index (χ0) is 17.6.